The molecular formula is C12H7Cl2F3N2OS. The molecule has 0 saturated heterocycles. The first kappa shape index (κ1) is 14.9. The summed E-state index contributed by atoms with van der Waals surface area (Å²) in [5.74, 6) is 0.507. The number of hydrogen-bond donors (Lipinski definition) is 0. The fourth-order valence-electron chi connectivity index (χ4n) is 2.12. The minimum atomic E-state index is -4.53. The van der Waals surface area contributed by atoms with Gasteiger partial charge in [-0.25, -0.2) is 4.68 Å². The number of halogens is 5. The molecule has 0 bridgehead atoms. The summed E-state index contributed by atoms with van der Waals surface area (Å²) in [6, 6.07) is 1.60. The molecule has 3 rings (SSSR count). The molecule has 1 aromatic heterocycles. The van der Waals surface area contributed by atoms with E-state index in [1.165, 1.54) is 10.9 Å². The van der Waals surface area contributed by atoms with Crippen molar-refractivity contribution in [1.29, 1.82) is 0 Å². The average molecular weight is 355 g/mol. The maximum absolute atomic E-state index is 12.7. The molecular weight excluding hydrogens is 348 g/mol. The zero-order valence-electron chi connectivity index (χ0n) is 10.2. The third-order valence-electron chi connectivity index (χ3n) is 3.10. The molecule has 1 atom stereocenters. The molecule has 0 aliphatic carbocycles. The molecule has 21 heavy (non-hydrogen) atoms. The Morgan fingerprint density at radius 1 is 1.24 bits per heavy atom. The monoisotopic (exact) mass is 354 g/mol. The van der Waals surface area contributed by atoms with E-state index in [1.54, 1.807) is 0 Å². The second-order valence-electron chi connectivity index (χ2n) is 4.47. The minimum absolute atomic E-state index is 0.151. The molecule has 3 nitrogen and oxygen atoms in total. The van der Waals surface area contributed by atoms with Crippen LogP contribution < -0.4 is 0 Å². The van der Waals surface area contributed by atoms with Gasteiger partial charge in [-0.05, 0) is 12.1 Å². The fourth-order valence-corrected chi connectivity index (χ4v) is 4.00. The van der Waals surface area contributed by atoms with Crippen molar-refractivity contribution in [3.05, 3.63) is 39.6 Å². The van der Waals surface area contributed by atoms with E-state index in [9.17, 15) is 17.4 Å². The second kappa shape index (κ2) is 5.00. The lowest BCUT2D eigenvalue weighted by atomic mass is 10.2. The van der Waals surface area contributed by atoms with E-state index in [0.29, 0.717) is 22.8 Å². The maximum atomic E-state index is 12.7. The van der Waals surface area contributed by atoms with Gasteiger partial charge in [0.2, 0.25) is 0 Å². The summed E-state index contributed by atoms with van der Waals surface area (Å²) in [7, 11) is -1.13. The number of hydrogen-bond acceptors (Lipinski definition) is 2. The van der Waals surface area contributed by atoms with Crippen molar-refractivity contribution < 1.29 is 17.4 Å². The number of aromatic nitrogens is 2. The number of benzene rings is 1. The third kappa shape index (κ3) is 2.58. The standard InChI is InChI=1S/C12H7Cl2F3N2OS/c13-7-3-6(12(15,16)17)4-8(14)11(7)19-5-10-9(18-19)1-2-21(10)20/h3-5H,1-2H2. The van der Waals surface area contributed by atoms with Crippen LogP contribution in [-0.4, -0.2) is 19.7 Å². The van der Waals surface area contributed by atoms with E-state index < -0.39 is 22.5 Å². The van der Waals surface area contributed by atoms with E-state index in [4.69, 9.17) is 23.2 Å². The largest absolute Gasteiger partial charge is 0.416 e. The molecule has 0 saturated carbocycles. The Morgan fingerprint density at radius 3 is 2.38 bits per heavy atom. The predicted molar refractivity (Wildman–Crippen MR) is 73.6 cm³/mol. The molecule has 1 aromatic carbocycles. The normalized spacial score (nSPS) is 18.0. The molecule has 1 aliphatic heterocycles. The smallest absolute Gasteiger partial charge is 0.254 e. The Labute approximate surface area is 130 Å². The van der Waals surface area contributed by atoms with Gasteiger partial charge in [0.05, 0.1) is 37.0 Å². The number of rotatable bonds is 1. The van der Waals surface area contributed by atoms with Crippen molar-refractivity contribution in [3.8, 4) is 5.69 Å². The molecule has 0 N–H and O–H groups in total. The average Bonchev–Trinajstić information content (AvgIpc) is 2.90. The van der Waals surface area contributed by atoms with Crippen LogP contribution in [0, 0.1) is 0 Å². The molecule has 1 aliphatic rings. The lowest BCUT2D eigenvalue weighted by Gasteiger charge is -2.12. The van der Waals surface area contributed by atoms with E-state index in [1.807, 2.05) is 0 Å². The highest BCUT2D eigenvalue weighted by atomic mass is 35.5. The van der Waals surface area contributed by atoms with Gasteiger partial charge in [0.15, 0.2) is 0 Å². The van der Waals surface area contributed by atoms with Crippen LogP contribution in [0.1, 0.15) is 11.3 Å². The Bertz CT molecular complexity index is 734. The summed E-state index contributed by atoms with van der Waals surface area (Å²) in [4.78, 5) is 0.571. The van der Waals surface area contributed by atoms with Crippen LogP contribution in [0.5, 0.6) is 0 Å². The van der Waals surface area contributed by atoms with Crippen LogP contribution in [-0.2, 0) is 23.4 Å². The molecule has 1 unspecified atom stereocenters. The zero-order chi connectivity index (χ0) is 15.4. The number of nitrogens with zero attached hydrogens (tertiary/aromatic N) is 2. The number of fused-ring (bicyclic) bond motifs is 1. The molecule has 9 heteroatoms. The number of alkyl halides is 3. The van der Waals surface area contributed by atoms with Crippen LogP contribution in [0.2, 0.25) is 10.0 Å². The first-order chi connectivity index (χ1) is 9.77. The Morgan fingerprint density at radius 2 is 1.86 bits per heavy atom. The predicted octanol–water partition coefficient (Wildman–Crippen LogP) is 3.86. The van der Waals surface area contributed by atoms with Crippen molar-refractivity contribution in [2.45, 2.75) is 17.5 Å². The van der Waals surface area contributed by atoms with Crippen molar-refractivity contribution in [2.75, 3.05) is 5.75 Å². The highest BCUT2D eigenvalue weighted by Crippen LogP contribution is 2.38. The minimum Gasteiger partial charge on any atom is -0.254 e. The highest BCUT2D eigenvalue weighted by molar-refractivity contribution is 7.85. The van der Waals surface area contributed by atoms with Crippen LogP contribution in [0.15, 0.2) is 23.2 Å². The first-order valence-electron chi connectivity index (χ1n) is 5.81. The van der Waals surface area contributed by atoms with E-state index in [2.05, 4.69) is 5.10 Å². The van der Waals surface area contributed by atoms with Crippen LogP contribution >= 0.6 is 23.2 Å². The third-order valence-corrected chi connectivity index (χ3v) is 5.08. The van der Waals surface area contributed by atoms with E-state index >= 15 is 0 Å². The van der Waals surface area contributed by atoms with Gasteiger partial charge >= 0.3 is 6.18 Å². The Kier molecular flexibility index (Phi) is 3.54. The summed E-state index contributed by atoms with van der Waals surface area (Å²) >= 11 is 11.8. The maximum Gasteiger partial charge on any atom is 0.416 e. The van der Waals surface area contributed by atoms with Gasteiger partial charge in [0, 0.05) is 18.4 Å². The van der Waals surface area contributed by atoms with Crippen molar-refractivity contribution >= 4 is 34.0 Å². The molecule has 0 amide bonds. The van der Waals surface area contributed by atoms with Gasteiger partial charge in [-0.15, -0.1) is 0 Å². The van der Waals surface area contributed by atoms with Gasteiger partial charge in [0.25, 0.3) is 0 Å². The first-order valence-corrected chi connectivity index (χ1v) is 7.88. The molecule has 0 radical (unpaired) electrons. The summed E-state index contributed by atoms with van der Waals surface area (Å²) in [5.41, 5.74) is -0.123. The summed E-state index contributed by atoms with van der Waals surface area (Å²) in [6.07, 6.45) is -2.47. The lowest BCUT2D eigenvalue weighted by molar-refractivity contribution is -0.137. The van der Waals surface area contributed by atoms with Gasteiger partial charge < -0.3 is 0 Å². The molecule has 2 heterocycles. The van der Waals surface area contributed by atoms with Crippen LogP contribution in [0.4, 0.5) is 13.2 Å². The Balaban J connectivity index is 2.12. The topological polar surface area (TPSA) is 34.9 Å². The van der Waals surface area contributed by atoms with E-state index in [0.717, 1.165) is 12.1 Å². The van der Waals surface area contributed by atoms with E-state index in [-0.39, 0.29) is 15.7 Å². The van der Waals surface area contributed by atoms with Crippen LogP contribution in [0.25, 0.3) is 5.69 Å². The van der Waals surface area contributed by atoms with Crippen molar-refractivity contribution in [1.82, 2.24) is 9.78 Å². The molecule has 112 valence electrons. The SMILES string of the molecule is O=S1CCc2nn(-c3c(Cl)cc(C(F)(F)F)cc3Cl)cc21. The quantitative estimate of drug-likeness (QED) is 0.779. The zero-order valence-corrected chi connectivity index (χ0v) is 12.6. The number of aryl methyl sites for hydroxylation is 1. The van der Waals surface area contributed by atoms with Crippen molar-refractivity contribution in [2.24, 2.45) is 0 Å². The molecule has 2 aromatic rings. The van der Waals surface area contributed by atoms with Gasteiger partial charge in [-0.1, -0.05) is 23.2 Å². The Hall–Kier alpha value is -1.05. The summed E-state index contributed by atoms with van der Waals surface area (Å²) in [5, 5.41) is 3.87. The lowest BCUT2D eigenvalue weighted by Crippen LogP contribution is -2.07. The van der Waals surface area contributed by atoms with Crippen molar-refractivity contribution in [3.63, 3.8) is 0 Å². The fraction of sp³-hybridized carbons (Fsp3) is 0.250. The second-order valence-corrected chi connectivity index (χ2v) is 6.82. The highest BCUT2D eigenvalue weighted by Gasteiger charge is 2.32. The molecule has 0 spiro atoms. The molecule has 0 fully saturated rings. The van der Waals surface area contributed by atoms with Crippen LogP contribution in [0.3, 0.4) is 0 Å². The summed E-state index contributed by atoms with van der Waals surface area (Å²) in [6.45, 7) is 0. The summed E-state index contributed by atoms with van der Waals surface area (Å²) < 4.78 is 51.0. The van der Waals surface area contributed by atoms with Gasteiger partial charge in [-0.2, -0.15) is 18.3 Å². The van der Waals surface area contributed by atoms with Gasteiger partial charge in [-0.3, -0.25) is 4.21 Å². The van der Waals surface area contributed by atoms with Gasteiger partial charge in [0.1, 0.15) is 5.69 Å².